The molecular formula is C13H6ClN7. The highest BCUT2D eigenvalue weighted by Crippen LogP contribution is 2.24. The van der Waals surface area contributed by atoms with Gasteiger partial charge in [-0.25, -0.2) is 4.98 Å². The molecule has 3 rings (SSSR count). The molecule has 0 aliphatic carbocycles. The molecule has 2 heterocycles. The highest BCUT2D eigenvalue weighted by molar-refractivity contribution is 6.28. The van der Waals surface area contributed by atoms with Crippen LogP contribution in [0, 0.1) is 22.7 Å². The number of nitrogens with one attached hydrogen (secondary N) is 2. The van der Waals surface area contributed by atoms with E-state index in [1.165, 1.54) is 6.33 Å². The van der Waals surface area contributed by atoms with Gasteiger partial charge in [0.05, 0.1) is 17.5 Å². The van der Waals surface area contributed by atoms with Crippen molar-refractivity contribution in [3.05, 3.63) is 40.9 Å². The van der Waals surface area contributed by atoms with Crippen LogP contribution in [0.5, 0.6) is 0 Å². The first kappa shape index (κ1) is 12.9. The molecule has 0 aliphatic rings. The van der Waals surface area contributed by atoms with E-state index in [2.05, 4.69) is 25.3 Å². The van der Waals surface area contributed by atoms with Gasteiger partial charge in [0.25, 0.3) is 0 Å². The van der Waals surface area contributed by atoms with Gasteiger partial charge in [0.15, 0.2) is 11.5 Å². The number of hydrogen-bond acceptors (Lipinski definition) is 6. The van der Waals surface area contributed by atoms with Crippen molar-refractivity contribution in [2.24, 2.45) is 0 Å². The van der Waals surface area contributed by atoms with Gasteiger partial charge in [0.1, 0.15) is 17.7 Å². The largest absolute Gasteiger partial charge is 0.340 e. The predicted octanol–water partition coefficient (Wildman–Crippen LogP) is 2.49. The minimum Gasteiger partial charge on any atom is -0.340 e. The van der Waals surface area contributed by atoms with Crippen molar-refractivity contribution in [3.8, 4) is 12.1 Å². The molecule has 0 spiro atoms. The summed E-state index contributed by atoms with van der Waals surface area (Å²) in [7, 11) is 0. The lowest BCUT2D eigenvalue weighted by molar-refractivity contribution is 1.20. The summed E-state index contributed by atoms with van der Waals surface area (Å²) in [5, 5.41) is 21.0. The fourth-order valence-corrected chi connectivity index (χ4v) is 2.01. The minimum atomic E-state index is 0.0613. The summed E-state index contributed by atoms with van der Waals surface area (Å²) in [5.74, 6) is 0.441. The van der Waals surface area contributed by atoms with Crippen molar-refractivity contribution >= 4 is 34.3 Å². The Labute approximate surface area is 123 Å². The summed E-state index contributed by atoms with van der Waals surface area (Å²) in [6.45, 7) is 0. The second kappa shape index (κ2) is 5.08. The Morgan fingerprint density at radius 1 is 1.14 bits per heavy atom. The lowest BCUT2D eigenvalue weighted by Gasteiger charge is -2.07. The molecule has 0 unspecified atom stereocenters. The van der Waals surface area contributed by atoms with Crippen LogP contribution in [0.15, 0.2) is 24.5 Å². The average molecular weight is 296 g/mol. The number of hydrogen-bond donors (Lipinski definition) is 2. The lowest BCUT2D eigenvalue weighted by Crippen LogP contribution is -1.98. The number of aromatic nitrogens is 4. The van der Waals surface area contributed by atoms with Crippen LogP contribution in [0.1, 0.15) is 11.1 Å². The quantitative estimate of drug-likeness (QED) is 0.702. The molecule has 2 N–H and O–H groups in total. The van der Waals surface area contributed by atoms with E-state index in [0.717, 1.165) is 0 Å². The molecule has 1 aromatic carbocycles. The first-order valence-corrected chi connectivity index (χ1v) is 6.17. The van der Waals surface area contributed by atoms with Gasteiger partial charge in [-0.05, 0) is 29.8 Å². The molecule has 0 bridgehead atoms. The molecule has 2 aromatic heterocycles. The molecule has 8 heteroatoms. The van der Waals surface area contributed by atoms with E-state index in [9.17, 15) is 0 Å². The van der Waals surface area contributed by atoms with E-state index >= 15 is 0 Å². The third kappa shape index (κ3) is 2.34. The number of halogens is 1. The number of anilines is 2. The average Bonchev–Trinajstić information content (AvgIpc) is 2.95. The summed E-state index contributed by atoms with van der Waals surface area (Å²) < 4.78 is 0. The highest BCUT2D eigenvalue weighted by atomic mass is 35.5. The molecule has 100 valence electrons. The fraction of sp³-hybridized carbons (Fsp3) is 0. The summed E-state index contributed by atoms with van der Waals surface area (Å²) in [6, 6.07) is 8.74. The van der Waals surface area contributed by atoms with E-state index in [1.54, 1.807) is 18.2 Å². The number of H-pyrrole nitrogens is 1. The van der Waals surface area contributed by atoms with Gasteiger partial charge >= 0.3 is 0 Å². The van der Waals surface area contributed by atoms with Crippen LogP contribution in [0.3, 0.4) is 0 Å². The first-order valence-electron chi connectivity index (χ1n) is 5.79. The van der Waals surface area contributed by atoms with E-state index in [1.807, 2.05) is 12.1 Å². The summed E-state index contributed by atoms with van der Waals surface area (Å²) in [6.07, 6.45) is 1.49. The Morgan fingerprint density at radius 2 is 1.95 bits per heavy atom. The van der Waals surface area contributed by atoms with Crippen LogP contribution >= 0.6 is 11.6 Å². The maximum atomic E-state index is 9.03. The van der Waals surface area contributed by atoms with E-state index in [0.29, 0.717) is 28.2 Å². The van der Waals surface area contributed by atoms with Crippen LogP contribution in [-0.4, -0.2) is 19.9 Å². The molecule has 7 nitrogen and oxygen atoms in total. The van der Waals surface area contributed by atoms with Gasteiger partial charge in [-0.15, -0.1) is 0 Å². The van der Waals surface area contributed by atoms with Crippen molar-refractivity contribution < 1.29 is 0 Å². The topological polar surface area (TPSA) is 114 Å². The Balaban J connectivity index is 2.05. The van der Waals surface area contributed by atoms with Gasteiger partial charge in [0, 0.05) is 5.69 Å². The van der Waals surface area contributed by atoms with E-state index < -0.39 is 0 Å². The summed E-state index contributed by atoms with van der Waals surface area (Å²) in [5.41, 5.74) is 2.24. The van der Waals surface area contributed by atoms with Crippen LogP contribution < -0.4 is 5.32 Å². The zero-order chi connectivity index (χ0) is 14.8. The van der Waals surface area contributed by atoms with Crippen LogP contribution in [0.4, 0.5) is 11.5 Å². The Bertz CT molecular complexity index is 916. The van der Waals surface area contributed by atoms with Gasteiger partial charge < -0.3 is 10.3 Å². The monoisotopic (exact) mass is 295 g/mol. The first-order chi connectivity index (χ1) is 10.2. The number of benzene rings is 1. The number of aromatic amines is 1. The second-order valence-corrected chi connectivity index (χ2v) is 4.39. The van der Waals surface area contributed by atoms with Crippen molar-refractivity contribution in [2.75, 3.05) is 5.32 Å². The Kier molecular flexibility index (Phi) is 3.11. The van der Waals surface area contributed by atoms with Crippen molar-refractivity contribution in [3.63, 3.8) is 0 Å². The standard InChI is InChI=1S/C13H6ClN7/c14-13-20-11-10(17-6-18-11)12(21-13)19-9-2-1-7(4-15)8(3-9)5-16/h1-3,6H,(H2,17,18,19,20,21). The van der Waals surface area contributed by atoms with Crippen LogP contribution in [-0.2, 0) is 0 Å². The molecule has 0 saturated heterocycles. The molecule has 0 fully saturated rings. The molecule has 0 aliphatic heterocycles. The normalized spacial score (nSPS) is 10.0. The maximum absolute atomic E-state index is 9.03. The van der Waals surface area contributed by atoms with Crippen molar-refractivity contribution in [1.29, 1.82) is 10.5 Å². The highest BCUT2D eigenvalue weighted by Gasteiger charge is 2.10. The lowest BCUT2D eigenvalue weighted by atomic mass is 10.1. The third-order valence-electron chi connectivity index (χ3n) is 2.78. The number of rotatable bonds is 2. The number of fused-ring (bicyclic) bond motifs is 1. The molecule has 0 atom stereocenters. The Hall–Kier alpha value is -3.16. The smallest absolute Gasteiger partial charge is 0.226 e. The molecule has 21 heavy (non-hydrogen) atoms. The van der Waals surface area contributed by atoms with Crippen molar-refractivity contribution in [1.82, 2.24) is 19.9 Å². The molecular weight excluding hydrogens is 290 g/mol. The SMILES string of the molecule is N#Cc1ccc(Nc2nc(Cl)nc3nc[nH]c23)cc1C#N. The molecule has 0 saturated carbocycles. The Morgan fingerprint density at radius 3 is 2.71 bits per heavy atom. The number of nitriles is 2. The number of nitrogens with zero attached hydrogens (tertiary/aromatic N) is 5. The molecule has 3 aromatic rings. The van der Waals surface area contributed by atoms with Crippen molar-refractivity contribution in [2.45, 2.75) is 0 Å². The minimum absolute atomic E-state index is 0.0613. The van der Waals surface area contributed by atoms with E-state index in [4.69, 9.17) is 22.1 Å². The van der Waals surface area contributed by atoms with Gasteiger partial charge in [-0.3, -0.25) is 0 Å². The van der Waals surface area contributed by atoms with Gasteiger partial charge in [-0.2, -0.15) is 20.5 Å². The second-order valence-electron chi connectivity index (χ2n) is 4.05. The summed E-state index contributed by atoms with van der Waals surface area (Å²) >= 11 is 5.84. The van der Waals surface area contributed by atoms with Crippen LogP contribution in [0.2, 0.25) is 5.28 Å². The summed E-state index contributed by atoms with van der Waals surface area (Å²) in [4.78, 5) is 15.0. The molecule has 0 amide bonds. The predicted molar refractivity (Wildman–Crippen MR) is 75.8 cm³/mol. The molecule has 0 radical (unpaired) electrons. The van der Waals surface area contributed by atoms with E-state index in [-0.39, 0.29) is 10.8 Å². The number of imidazole rings is 1. The van der Waals surface area contributed by atoms with Gasteiger partial charge in [0.2, 0.25) is 5.28 Å². The fourth-order valence-electron chi connectivity index (χ4n) is 1.85. The zero-order valence-corrected chi connectivity index (χ0v) is 11.2. The van der Waals surface area contributed by atoms with Crippen LogP contribution in [0.25, 0.3) is 11.2 Å². The zero-order valence-electron chi connectivity index (χ0n) is 10.4. The van der Waals surface area contributed by atoms with Gasteiger partial charge in [-0.1, -0.05) is 0 Å². The third-order valence-corrected chi connectivity index (χ3v) is 2.95. The maximum Gasteiger partial charge on any atom is 0.226 e.